The summed E-state index contributed by atoms with van der Waals surface area (Å²) >= 11 is 0. The number of carbonyl (C=O) groups is 1. The topological polar surface area (TPSA) is 68.4 Å². The molecule has 0 spiro atoms. The van der Waals surface area contributed by atoms with Crippen LogP contribution in [0.25, 0.3) is 5.65 Å². The molecule has 0 aliphatic carbocycles. The number of hydrogen-bond donors (Lipinski definition) is 1. The molecule has 6 nitrogen and oxygen atoms in total. The highest BCUT2D eigenvalue weighted by Gasteiger charge is 2.13. The van der Waals surface area contributed by atoms with Gasteiger partial charge in [-0.25, -0.2) is 13.9 Å². The van der Waals surface area contributed by atoms with Gasteiger partial charge in [0.15, 0.2) is 5.65 Å². The molecular weight excluding hydrogens is 299 g/mol. The zero-order valence-electron chi connectivity index (χ0n) is 12.4. The van der Waals surface area contributed by atoms with Crippen molar-refractivity contribution in [1.29, 1.82) is 0 Å². The third kappa shape index (κ3) is 3.13. The summed E-state index contributed by atoms with van der Waals surface area (Å²) in [5.74, 6) is -0.670. The monoisotopic (exact) mass is 314 g/mol. The Bertz CT molecular complexity index is 898. The van der Waals surface area contributed by atoms with Gasteiger partial charge in [-0.2, -0.15) is 0 Å². The molecule has 118 valence electrons. The molecule has 1 N–H and O–H groups in total. The van der Waals surface area contributed by atoms with Crippen molar-refractivity contribution in [2.45, 2.75) is 19.5 Å². The van der Waals surface area contributed by atoms with Gasteiger partial charge in [0.1, 0.15) is 12.4 Å². The summed E-state index contributed by atoms with van der Waals surface area (Å²) in [4.78, 5) is 24.2. The van der Waals surface area contributed by atoms with Crippen LogP contribution in [0, 0.1) is 5.82 Å². The minimum atomic E-state index is -0.370. The van der Waals surface area contributed by atoms with Crippen LogP contribution in [0.1, 0.15) is 18.5 Å². The van der Waals surface area contributed by atoms with Crippen molar-refractivity contribution in [1.82, 2.24) is 19.5 Å². The Kier molecular flexibility index (Phi) is 3.92. The number of benzene rings is 1. The van der Waals surface area contributed by atoms with Crippen LogP contribution in [0.5, 0.6) is 0 Å². The average Bonchev–Trinajstić information content (AvgIpc) is 2.84. The smallest absolute Gasteiger partial charge is 0.348 e. The lowest BCUT2D eigenvalue weighted by Gasteiger charge is -2.14. The van der Waals surface area contributed by atoms with Crippen LogP contribution in [-0.4, -0.2) is 20.1 Å². The van der Waals surface area contributed by atoms with Gasteiger partial charge in [-0.05, 0) is 36.8 Å². The van der Waals surface area contributed by atoms with Crippen molar-refractivity contribution in [3.63, 3.8) is 0 Å². The Morgan fingerprint density at radius 2 is 2.00 bits per heavy atom. The van der Waals surface area contributed by atoms with Gasteiger partial charge in [-0.3, -0.25) is 9.20 Å². The van der Waals surface area contributed by atoms with Crippen LogP contribution in [0.2, 0.25) is 0 Å². The summed E-state index contributed by atoms with van der Waals surface area (Å²) in [6.45, 7) is 1.61. The van der Waals surface area contributed by atoms with E-state index in [0.717, 1.165) is 10.2 Å². The summed E-state index contributed by atoms with van der Waals surface area (Å²) < 4.78 is 15.4. The molecule has 2 heterocycles. The normalized spacial score (nSPS) is 12.3. The van der Waals surface area contributed by atoms with Gasteiger partial charge in [0, 0.05) is 6.20 Å². The highest BCUT2D eigenvalue weighted by atomic mass is 19.1. The number of aromatic nitrogens is 3. The fraction of sp³-hybridized carbons (Fsp3) is 0.188. The van der Waals surface area contributed by atoms with E-state index in [2.05, 4.69) is 10.4 Å². The molecule has 3 aromatic rings. The molecule has 0 saturated heterocycles. The molecule has 0 saturated carbocycles. The minimum Gasteiger partial charge on any atom is -0.348 e. The molecule has 0 aliphatic rings. The molecule has 1 aromatic carbocycles. The zero-order valence-corrected chi connectivity index (χ0v) is 12.4. The number of nitrogens with one attached hydrogen (secondary N) is 1. The minimum absolute atomic E-state index is 0.175. The van der Waals surface area contributed by atoms with Crippen molar-refractivity contribution in [3.8, 4) is 0 Å². The fourth-order valence-corrected chi connectivity index (χ4v) is 2.33. The van der Waals surface area contributed by atoms with Crippen LogP contribution in [0.3, 0.4) is 0 Å². The van der Waals surface area contributed by atoms with Gasteiger partial charge in [0.05, 0.1) is 6.04 Å². The molecule has 1 amide bonds. The van der Waals surface area contributed by atoms with E-state index in [9.17, 15) is 14.0 Å². The van der Waals surface area contributed by atoms with Gasteiger partial charge in [0.25, 0.3) is 0 Å². The molecule has 0 radical (unpaired) electrons. The second kappa shape index (κ2) is 6.04. The molecule has 0 aliphatic heterocycles. The quantitative estimate of drug-likeness (QED) is 0.794. The maximum atomic E-state index is 12.9. The summed E-state index contributed by atoms with van der Waals surface area (Å²) in [7, 11) is 0. The zero-order chi connectivity index (χ0) is 16.4. The van der Waals surface area contributed by atoms with Gasteiger partial charge < -0.3 is 5.32 Å². The third-order valence-corrected chi connectivity index (χ3v) is 3.53. The second-order valence-electron chi connectivity index (χ2n) is 5.21. The number of pyridine rings is 1. The molecule has 23 heavy (non-hydrogen) atoms. The Labute approximate surface area is 131 Å². The van der Waals surface area contributed by atoms with Gasteiger partial charge in [-0.1, -0.05) is 18.2 Å². The molecule has 2 aromatic heterocycles. The lowest BCUT2D eigenvalue weighted by Crippen LogP contribution is -2.34. The third-order valence-electron chi connectivity index (χ3n) is 3.53. The van der Waals surface area contributed by atoms with Gasteiger partial charge >= 0.3 is 5.69 Å². The lowest BCUT2D eigenvalue weighted by molar-refractivity contribution is -0.122. The van der Waals surface area contributed by atoms with Crippen LogP contribution >= 0.6 is 0 Å². The maximum absolute atomic E-state index is 12.9. The number of rotatable bonds is 4. The maximum Gasteiger partial charge on any atom is 0.350 e. The van der Waals surface area contributed by atoms with Crippen molar-refractivity contribution in [2.75, 3.05) is 0 Å². The van der Waals surface area contributed by atoms with E-state index in [0.29, 0.717) is 5.65 Å². The summed E-state index contributed by atoms with van der Waals surface area (Å²) in [6, 6.07) is 10.8. The largest absolute Gasteiger partial charge is 0.350 e. The molecule has 0 unspecified atom stereocenters. The van der Waals surface area contributed by atoms with Crippen molar-refractivity contribution >= 4 is 11.6 Å². The fourth-order valence-electron chi connectivity index (χ4n) is 2.33. The molecule has 0 fully saturated rings. The average molecular weight is 314 g/mol. The van der Waals surface area contributed by atoms with Crippen LogP contribution in [0.4, 0.5) is 4.39 Å². The van der Waals surface area contributed by atoms with E-state index in [-0.39, 0.29) is 30.0 Å². The highest BCUT2D eigenvalue weighted by molar-refractivity contribution is 5.76. The summed E-state index contributed by atoms with van der Waals surface area (Å²) in [5.41, 5.74) is 0.893. The Balaban J connectivity index is 1.72. The van der Waals surface area contributed by atoms with E-state index in [1.165, 1.54) is 16.5 Å². The summed E-state index contributed by atoms with van der Waals surface area (Å²) in [5, 5.41) is 6.87. The Morgan fingerprint density at radius 3 is 2.70 bits per heavy atom. The van der Waals surface area contributed by atoms with E-state index in [4.69, 9.17) is 0 Å². The van der Waals surface area contributed by atoms with Crippen LogP contribution in [0.15, 0.2) is 53.5 Å². The first-order valence-corrected chi connectivity index (χ1v) is 7.13. The van der Waals surface area contributed by atoms with Crippen LogP contribution < -0.4 is 11.0 Å². The Morgan fingerprint density at radius 1 is 1.26 bits per heavy atom. The van der Waals surface area contributed by atoms with E-state index >= 15 is 0 Å². The first-order chi connectivity index (χ1) is 11.0. The van der Waals surface area contributed by atoms with E-state index in [1.54, 1.807) is 43.5 Å². The number of carbonyl (C=O) groups excluding carboxylic acids is 1. The van der Waals surface area contributed by atoms with E-state index < -0.39 is 0 Å². The van der Waals surface area contributed by atoms with Gasteiger partial charge in [-0.15, -0.1) is 5.10 Å². The molecule has 3 rings (SSSR count). The van der Waals surface area contributed by atoms with E-state index in [1.807, 2.05) is 0 Å². The Hall–Kier alpha value is -2.96. The standard InChI is InChI=1S/C16H15FN4O2/c1-11(12-5-7-13(17)8-6-12)18-15(22)10-21-16(23)20-9-3-2-4-14(20)19-21/h2-9,11H,10H2,1H3,(H,18,22)/t11-/m0/s1. The molecule has 7 heteroatoms. The first kappa shape index (κ1) is 15.0. The molecule has 1 atom stereocenters. The van der Waals surface area contributed by atoms with Crippen molar-refractivity contribution in [2.24, 2.45) is 0 Å². The lowest BCUT2D eigenvalue weighted by atomic mass is 10.1. The second-order valence-corrected chi connectivity index (χ2v) is 5.21. The van der Waals surface area contributed by atoms with Crippen LogP contribution in [-0.2, 0) is 11.3 Å². The van der Waals surface area contributed by atoms with Crippen molar-refractivity contribution in [3.05, 3.63) is 70.5 Å². The van der Waals surface area contributed by atoms with Crippen molar-refractivity contribution < 1.29 is 9.18 Å². The molecular formula is C16H15FN4O2. The number of hydrogen-bond acceptors (Lipinski definition) is 3. The van der Waals surface area contributed by atoms with Gasteiger partial charge in [0.2, 0.25) is 5.91 Å². The number of fused-ring (bicyclic) bond motifs is 1. The first-order valence-electron chi connectivity index (χ1n) is 7.13. The predicted octanol–water partition coefficient (Wildman–Crippen LogP) is 1.51. The SMILES string of the molecule is C[C@H](NC(=O)Cn1nc2ccccn2c1=O)c1ccc(F)cc1. The number of amides is 1. The molecule has 0 bridgehead atoms. The summed E-state index contributed by atoms with van der Waals surface area (Å²) in [6.07, 6.45) is 1.60. The number of halogens is 1. The number of nitrogens with zero attached hydrogens (tertiary/aromatic N) is 3. The predicted molar refractivity (Wildman–Crippen MR) is 82.4 cm³/mol. The highest BCUT2D eigenvalue weighted by Crippen LogP contribution is 2.12.